The van der Waals surface area contributed by atoms with Crippen LogP contribution in [0.4, 0.5) is 15.3 Å². The van der Waals surface area contributed by atoms with Crippen LogP contribution in [-0.4, -0.2) is 59.2 Å². The zero-order chi connectivity index (χ0) is 26.1. The second kappa shape index (κ2) is 12.3. The Kier molecular flexibility index (Phi) is 9.50. The largest absolute Gasteiger partial charge is 0.352 e. The van der Waals surface area contributed by atoms with Crippen molar-refractivity contribution in [2.45, 2.75) is 38.8 Å². The summed E-state index contributed by atoms with van der Waals surface area (Å²) in [6.07, 6.45) is 2.37. The van der Waals surface area contributed by atoms with Gasteiger partial charge in [0, 0.05) is 24.4 Å². The fourth-order valence-corrected chi connectivity index (χ4v) is 3.20. The number of rotatable bonds is 10. The molecule has 8 amide bonds. The molecule has 0 saturated carbocycles. The summed E-state index contributed by atoms with van der Waals surface area (Å²) in [5.41, 5.74) is 6.30. The second-order valence-electron chi connectivity index (χ2n) is 8.20. The van der Waals surface area contributed by atoms with E-state index in [2.05, 4.69) is 28.2 Å². The average Bonchev–Trinajstić information content (AvgIpc) is 3.12. The molecule has 0 aliphatic carbocycles. The first-order chi connectivity index (χ1) is 16.5. The highest BCUT2D eigenvalue weighted by Crippen LogP contribution is 2.12. The predicted molar refractivity (Wildman–Crippen MR) is 126 cm³/mol. The smallest absolute Gasteiger partial charge is 0.332 e. The molecule has 1 aromatic rings. The molecule has 6 N–H and O–H groups in total. The fraction of sp³-hybridized carbons (Fsp3) is 0.348. The van der Waals surface area contributed by atoms with Crippen LogP contribution in [0.3, 0.4) is 0 Å². The highest BCUT2D eigenvalue weighted by atomic mass is 16.2. The zero-order valence-corrected chi connectivity index (χ0v) is 19.5. The van der Waals surface area contributed by atoms with Gasteiger partial charge in [-0.3, -0.25) is 19.2 Å². The minimum atomic E-state index is -1.15. The van der Waals surface area contributed by atoms with E-state index in [1.165, 1.54) is 0 Å². The molecule has 1 aliphatic heterocycles. The van der Waals surface area contributed by atoms with Crippen molar-refractivity contribution in [2.75, 3.05) is 11.9 Å². The number of nitrogens with one attached hydrogen (secondary N) is 4. The molecular formula is C23H29N6O6. The Hall–Kier alpha value is -4.22. The SMILES string of the molecule is [CH2]c1ccc(NC(=O)[C@H](CCCNC(N)=O)NC(=O)[C@@H](NC(=O)N2C(=O)C=CC2=O)C(C)C)cc1. The number of carbonyl (C=O) groups excluding carboxylic acids is 6. The number of urea groups is 2. The number of carbonyl (C=O) groups is 6. The summed E-state index contributed by atoms with van der Waals surface area (Å²) < 4.78 is 0. The summed E-state index contributed by atoms with van der Waals surface area (Å²) in [5, 5.41) is 10.1. The van der Waals surface area contributed by atoms with Gasteiger partial charge >= 0.3 is 12.1 Å². The monoisotopic (exact) mass is 485 g/mol. The third-order valence-electron chi connectivity index (χ3n) is 5.06. The number of nitrogens with zero attached hydrogens (tertiary/aromatic N) is 1. The van der Waals surface area contributed by atoms with Crippen molar-refractivity contribution < 1.29 is 28.8 Å². The van der Waals surface area contributed by atoms with E-state index in [4.69, 9.17) is 5.73 Å². The van der Waals surface area contributed by atoms with Crippen molar-refractivity contribution in [1.82, 2.24) is 20.9 Å². The van der Waals surface area contributed by atoms with Crippen LogP contribution in [0, 0.1) is 12.8 Å². The standard InChI is InChI=1S/C23H29N6O6/c1-13(2)19(28-23(35)29-17(30)10-11-18(29)31)21(33)27-16(5-4-12-25-22(24)34)20(32)26-15-8-6-14(3)7-9-15/h6-11,13,16,19H,3-5,12H2,1-2H3,(H,26,32)(H,27,33)(H,28,35)(H3,24,25,34)/t16-,19-/m0/s1. The average molecular weight is 486 g/mol. The van der Waals surface area contributed by atoms with Crippen LogP contribution in [0.15, 0.2) is 36.4 Å². The Balaban J connectivity index is 2.11. The van der Waals surface area contributed by atoms with Gasteiger partial charge in [0.15, 0.2) is 0 Å². The van der Waals surface area contributed by atoms with E-state index in [1.54, 1.807) is 38.1 Å². The topological polar surface area (TPSA) is 180 Å². The van der Waals surface area contributed by atoms with Crippen LogP contribution in [0.1, 0.15) is 32.3 Å². The summed E-state index contributed by atoms with van der Waals surface area (Å²) in [7, 11) is 0. The summed E-state index contributed by atoms with van der Waals surface area (Å²) in [6.45, 7) is 7.27. The summed E-state index contributed by atoms with van der Waals surface area (Å²) in [4.78, 5) is 73.3. The molecule has 1 aliphatic rings. The molecule has 0 spiro atoms. The zero-order valence-electron chi connectivity index (χ0n) is 19.5. The highest BCUT2D eigenvalue weighted by Gasteiger charge is 2.35. The molecule has 0 unspecified atom stereocenters. The van der Waals surface area contributed by atoms with Crippen LogP contribution in [0.25, 0.3) is 0 Å². The van der Waals surface area contributed by atoms with Gasteiger partial charge in [-0.1, -0.05) is 26.0 Å². The molecule has 1 radical (unpaired) electrons. The molecule has 12 heteroatoms. The fourth-order valence-electron chi connectivity index (χ4n) is 3.20. The van der Waals surface area contributed by atoms with E-state index in [-0.39, 0.29) is 13.0 Å². The van der Waals surface area contributed by atoms with Gasteiger partial charge < -0.3 is 27.0 Å². The quantitative estimate of drug-likeness (QED) is 0.236. The van der Waals surface area contributed by atoms with Crippen molar-refractivity contribution in [1.29, 1.82) is 0 Å². The van der Waals surface area contributed by atoms with E-state index < -0.39 is 53.7 Å². The highest BCUT2D eigenvalue weighted by molar-refractivity contribution is 6.22. The minimum Gasteiger partial charge on any atom is -0.352 e. The Morgan fingerprint density at radius 2 is 1.57 bits per heavy atom. The third kappa shape index (κ3) is 7.95. The molecule has 2 rings (SSSR count). The van der Waals surface area contributed by atoms with E-state index in [0.717, 1.165) is 17.7 Å². The lowest BCUT2D eigenvalue weighted by molar-refractivity contribution is -0.134. The van der Waals surface area contributed by atoms with Gasteiger partial charge in [0.25, 0.3) is 11.8 Å². The molecule has 0 aromatic heterocycles. The molecule has 1 heterocycles. The van der Waals surface area contributed by atoms with Crippen molar-refractivity contribution in [3.05, 3.63) is 48.9 Å². The van der Waals surface area contributed by atoms with E-state index in [1.807, 2.05) is 0 Å². The van der Waals surface area contributed by atoms with Crippen molar-refractivity contribution in [2.24, 2.45) is 11.7 Å². The van der Waals surface area contributed by atoms with Gasteiger partial charge in [0.2, 0.25) is 11.8 Å². The first-order valence-corrected chi connectivity index (χ1v) is 10.9. The molecule has 0 fully saturated rings. The number of benzene rings is 1. The number of nitrogens with two attached hydrogens (primary N) is 1. The maximum Gasteiger partial charge on any atom is 0.332 e. The van der Waals surface area contributed by atoms with Crippen molar-refractivity contribution in [3.63, 3.8) is 0 Å². The predicted octanol–water partition coefficient (Wildman–Crippen LogP) is 0.400. The third-order valence-corrected chi connectivity index (χ3v) is 5.06. The molecule has 1 aromatic carbocycles. The van der Waals surface area contributed by atoms with E-state index in [9.17, 15) is 28.8 Å². The maximum absolute atomic E-state index is 13.0. The molecule has 12 nitrogen and oxygen atoms in total. The number of hydrogen-bond acceptors (Lipinski definition) is 6. The molecular weight excluding hydrogens is 456 g/mol. The van der Waals surface area contributed by atoms with E-state index >= 15 is 0 Å². The lowest BCUT2D eigenvalue weighted by Crippen LogP contribution is -2.57. The number of hydrogen-bond donors (Lipinski definition) is 5. The summed E-state index contributed by atoms with van der Waals surface area (Å²) >= 11 is 0. The van der Waals surface area contributed by atoms with Gasteiger partial charge in [-0.2, -0.15) is 4.90 Å². The Labute approximate surface area is 202 Å². The van der Waals surface area contributed by atoms with Gasteiger partial charge in [-0.05, 0) is 43.4 Å². The molecule has 35 heavy (non-hydrogen) atoms. The molecule has 187 valence electrons. The first kappa shape index (κ1) is 27.0. The Bertz CT molecular complexity index is 1000. The number of imide groups is 3. The van der Waals surface area contributed by atoms with Crippen LogP contribution in [0.5, 0.6) is 0 Å². The normalized spacial score (nSPS) is 14.5. The lowest BCUT2D eigenvalue weighted by atomic mass is 10.0. The Morgan fingerprint density at radius 1 is 0.971 bits per heavy atom. The summed E-state index contributed by atoms with van der Waals surface area (Å²) in [6, 6.07) is 2.80. The number of anilines is 1. The van der Waals surface area contributed by atoms with E-state index in [0.29, 0.717) is 17.0 Å². The van der Waals surface area contributed by atoms with Crippen LogP contribution >= 0.6 is 0 Å². The maximum atomic E-state index is 13.0. The van der Waals surface area contributed by atoms with Crippen LogP contribution < -0.4 is 27.0 Å². The molecule has 0 saturated heterocycles. The van der Waals surface area contributed by atoms with Gasteiger partial charge in [-0.25, -0.2) is 9.59 Å². The van der Waals surface area contributed by atoms with Gasteiger partial charge in [0.1, 0.15) is 12.1 Å². The molecule has 2 atom stereocenters. The lowest BCUT2D eigenvalue weighted by Gasteiger charge is -2.26. The van der Waals surface area contributed by atoms with Gasteiger partial charge in [-0.15, -0.1) is 0 Å². The minimum absolute atomic E-state index is 0.150. The van der Waals surface area contributed by atoms with Crippen molar-refractivity contribution >= 4 is 41.4 Å². The first-order valence-electron chi connectivity index (χ1n) is 10.9. The van der Waals surface area contributed by atoms with Gasteiger partial charge in [0.05, 0.1) is 0 Å². The number of primary amides is 1. The molecule has 0 bridgehead atoms. The second-order valence-corrected chi connectivity index (χ2v) is 8.20. The van der Waals surface area contributed by atoms with Crippen molar-refractivity contribution in [3.8, 4) is 0 Å². The summed E-state index contributed by atoms with van der Waals surface area (Å²) in [5.74, 6) is -3.27. The Morgan fingerprint density at radius 3 is 2.11 bits per heavy atom. The number of amides is 8. The van der Waals surface area contributed by atoms with Crippen LogP contribution in [0.2, 0.25) is 0 Å². The van der Waals surface area contributed by atoms with Crippen LogP contribution in [-0.2, 0) is 19.2 Å².